The van der Waals surface area contributed by atoms with Crippen molar-refractivity contribution in [1.29, 1.82) is 0 Å². The summed E-state index contributed by atoms with van der Waals surface area (Å²) in [5.41, 5.74) is 5.68. The molecule has 27 heavy (non-hydrogen) atoms. The Kier molecular flexibility index (Phi) is 4.33. The second-order valence-corrected chi connectivity index (χ2v) is 6.92. The highest BCUT2D eigenvalue weighted by molar-refractivity contribution is 6.01. The molecule has 1 aliphatic carbocycles. The molecule has 3 N–H and O–H groups in total. The minimum atomic E-state index is -0.583. The van der Waals surface area contributed by atoms with Crippen LogP contribution in [0.25, 0.3) is 10.8 Å². The molecule has 0 radical (unpaired) electrons. The van der Waals surface area contributed by atoms with Crippen LogP contribution in [0.1, 0.15) is 16.8 Å². The van der Waals surface area contributed by atoms with E-state index < -0.39 is 12.6 Å². The van der Waals surface area contributed by atoms with Gasteiger partial charge in [-0.15, -0.1) is 0 Å². The predicted molar refractivity (Wildman–Crippen MR) is 95.3 cm³/mol. The van der Waals surface area contributed by atoms with Gasteiger partial charge in [0.05, 0.1) is 25.4 Å². The van der Waals surface area contributed by atoms with Gasteiger partial charge in [-0.3, -0.25) is 14.0 Å². The number of hydrogen-bond acceptors (Lipinski definition) is 5. The van der Waals surface area contributed by atoms with E-state index in [0.717, 1.165) is 5.39 Å². The van der Waals surface area contributed by atoms with Crippen molar-refractivity contribution in [3.05, 3.63) is 30.0 Å². The van der Waals surface area contributed by atoms with Crippen molar-refractivity contribution in [2.45, 2.75) is 12.5 Å². The largest absolute Gasteiger partial charge is 0.496 e. The predicted octanol–water partition coefficient (Wildman–Crippen LogP) is 1.44. The number of aromatic nitrogens is 1. The van der Waals surface area contributed by atoms with Crippen LogP contribution >= 0.6 is 0 Å². The molecule has 4 atom stereocenters. The number of nitrogens with one attached hydrogen (secondary N) is 1. The molecule has 1 saturated carbocycles. The summed E-state index contributed by atoms with van der Waals surface area (Å²) in [7, 11) is 1.46. The van der Waals surface area contributed by atoms with Crippen molar-refractivity contribution in [1.82, 2.24) is 10.3 Å². The zero-order valence-electron chi connectivity index (χ0n) is 14.8. The van der Waals surface area contributed by atoms with E-state index in [0.29, 0.717) is 23.4 Å². The highest BCUT2D eigenvalue weighted by Crippen LogP contribution is 2.54. The van der Waals surface area contributed by atoms with Crippen molar-refractivity contribution in [3.63, 3.8) is 0 Å². The maximum Gasteiger partial charge on any atom is 0.252 e. The minimum absolute atomic E-state index is 0.0225. The third kappa shape index (κ3) is 2.94. The summed E-state index contributed by atoms with van der Waals surface area (Å²) >= 11 is 0. The van der Waals surface area contributed by atoms with Gasteiger partial charge >= 0.3 is 0 Å². The number of piperidine rings is 1. The zero-order chi connectivity index (χ0) is 19.1. The van der Waals surface area contributed by atoms with Crippen molar-refractivity contribution in [2.24, 2.45) is 23.5 Å². The fourth-order valence-electron chi connectivity index (χ4n) is 4.16. The molecule has 1 saturated heterocycles. The number of carbonyl (C=O) groups excluding carboxylic acids is 2. The molecule has 1 aliphatic heterocycles. The number of amides is 2. The molecular weight excluding hydrogens is 353 g/mol. The molecule has 0 bridgehead atoms. The Morgan fingerprint density at radius 1 is 1.41 bits per heavy atom. The smallest absolute Gasteiger partial charge is 0.252 e. The SMILES string of the molecule is COc1cc2c(OCC3NC(=O)C4C(CCF)C34)nccc2cc1C(N)=O. The van der Waals surface area contributed by atoms with Gasteiger partial charge in [0.25, 0.3) is 5.91 Å². The lowest BCUT2D eigenvalue weighted by Crippen LogP contribution is -2.37. The number of alkyl halides is 1. The highest BCUT2D eigenvalue weighted by atomic mass is 19.1. The second kappa shape index (κ2) is 6.68. The Hall–Kier alpha value is -2.90. The first-order chi connectivity index (χ1) is 13.0. The van der Waals surface area contributed by atoms with Crippen molar-refractivity contribution >= 4 is 22.6 Å². The number of fused-ring (bicyclic) bond motifs is 2. The number of benzene rings is 1. The number of ether oxygens (including phenoxy) is 2. The topological polar surface area (TPSA) is 104 Å². The van der Waals surface area contributed by atoms with E-state index in [2.05, 4.69) is 10.3 Å². The molecule has 2 fully saturated rings. The molecule has 1 aromatic carbocycles. The summed E-state index contributed by atoms with van der Waals surface area (Å²) in [6.45, 7) is -0.160. The Morgan fingerprint density at radius 3 is 2.93 bits per heavy atom. The van der Waals surface area contributed by atoms with Gasteiger partial charge in [0.15, 0.2) is 0 Å². The summed E-state index contributed by atoms with van der Waals surface area (Å²) < 4.78 is 23.7. The van der Waals surface area contributed by atoms with Crippen molar-refractivity contribution in [2.75, 3.05) is 20.4 Å². The number of hydrogen-bond donors (Lipinski definition) is 2. The summed E-state index contributed by atoms with van der Waals surface area (Å²) in [6.07, 6.45) is 1.99. The lowest BCUT2D eigenvalue weighted by Gasteiger charge is -2.17. The normalized spacial score (nSPS) is 25.8. The van der Waals surface area contributed by atoms with Crippen LogP contribution in [-0.4, -0.2) is 43.2 Å². The molecule has 2 heterocycles. The first-order valence-electron chi connectivity index (χ1n) is 8.81. The van der Waals surface area contributed by atoms with Gasteiger partial charge < -0.3 is 20.5 Å². The number of pyridine rings is 1. The van der Waals surface area contributed by atoms with E-state index in [1.165, 1.54) is 7.11 Å². The molecule has 1 aromatic heterocycles. The van der Waals surface area contributed by atoms with Crippen LogP contribution in [0.3, 0.4) is 0 Å². The average molecular weight is 373 g/mol. The van der Waals surface area contributed by atoms with Crippen LogP contribution in [0.15, 0.2) is 24.4 Å². The fourth-order valence-corrected chi connectivity index (χ4v) is 4.16. The minimum Gasteiger partial charge on any atom is -0.496 e. The van der Waals surface area contributed by atoms with Gasteiger partial charge in [-0.05, 0) is 41.8 Å². The molecular formula is C19H20FN3O4. The third-order valence-electron chi connectivity index (χ3n) is 5.48. The molecule has 7 nitrogen and oxygen atoms in total. The Balaban J connectivity index is 1.56. The van der Waals surface area contributed by atoms with Crippen molar-refractivity contribution in [3.8, 4) is 11.6 Å². The first-order valence-corrected chi connectivity index (χ1v) is 8.81. The molecule has 2 aliphatic rings. The molecule has 4 unspecified atom stereocenters. The Morgan fingerprint density at radius 2 is 2.22 bits per heavy atom. The van der Waals surface area contributed by atoms with E-state index in [1.807, 2.05) is 0 Å². The van der Waals surface area contributed by atoms with Crippen LogP contribution in [-0.2, 0) is 4.79 Å². The van der Waals surface area contributed by atoms with Crippen molar-refractivity contribution < 1.29 is 23.5 Å². The molecule has 0 spiro atoms. The lowest BCUT2D eigenvalue weighted by atomic mass is 10.1. The molecule has 8 heteroatoms. The van der Waals surface area contributed by atoms with Crippen LogP contribution in [0.4, 0.5) is 4.39 Å². The number of rotatable bonds is 7. The van der Waals surface area contributed by atoms with Gasteiger partial charge in [0, 0.05) is 17.5 Å². The number of nitrogens with two attached hydrogens (primary N) is 1. The average Bonchev–Trinajstić information content (AvgIpc) is 3.27. The molecule has 2 amide bonds. The van der Waals surface area contributed by atoms with Gasteiger partial charge in [-0.2, -0.15) is 0 Å². The van der Waals surface area contributed by atoms with E-state index in [9.17, 15) is 14.0 Å². The monoisotopic (exact) mass is 373 g/mol. The van der Waals surface area contributed by atoms with Gasteiger partial charge in [0.2, 0.25) is 11.8 Å². The lowest BCUT2D eigenvalue weighted by molar-refractivity contribution is -0.121. The molecule has 2 aromatic rings. The van der Waals surface area contributed by atoms with Crippen LogP contribution in [0.2, 0.25) is 0 Å². The second-order valence-electron chi connectivity index (χ2n) is 6.92. The number of primary amides is 1. The van der Waals surface area contributed by atoms with Gasteiger partial charge in [-0.25, -0.2) is 4.98 Å². The summed E-state index contributed by atoms with van der Waals surface area (Å²) in [5, 5.41) is 4.32. The third-order valence-corrected chi connectivity index (χ3v) is 5.48. The van der Waals surface area contributed by atoms with Gasteiger partial charge in [-0.1, -0.05) is 0 Å². The van der Waals surface area contributed by atoms with Crippen LogP contribution in [0.5, 0.6) is 11.6 Å². The van der Waals surface area contributed by atoms with Crippen LogP contribution < -0.4 is 20.5 Å². The molecule has 4 rings (SSSR count). The zero-order valence-corrected chi connectivity index (χ0v) is 14.8. The fraction of sp³-hybridized carbons (Fsp3) is 0.421. The maximum absolute atomic E-state index is 12.6. The maximum atomic E-state index is 12.6. The quantitative estimate of drug-likeness (QED) is 0.764. The standard InChI is InChI=1S/C19H20FN3O4/c1-26-14-7-11-9(6-12(14)17(21)24)3-5-22-19(11)27-8-13-15-10(2-4-20)16(15)18(25)23-13/h3,5-7,10,13,15-16H,2,4,8H2,1H3,(H2,21,24)(H,23,25). The number of nitrogens with zero attached hydrogens (tertiary/aromatic N) is 1. The number of carbonyl (C=O) groups is 2. The first kappa shape index (κ1) is 17.5. The van der Waals surface area contributed by atoms with E-state index in [4.69, 9.17) is 15.2 Å². The van der Waals surface area contributed by atoms with E-state index in [1.54, 1.807) is 24.4 Å². The Bertz CT molecular complexity index is 919. The van der Waals surface area contributed by atoms with Crippen LogP contribution in [0, 0.1) is 17.8 Å². The van der Waals surface area contributed by atoms with E-state index in [-0.39, 0.29) is 41.9 Å². The number of methoxy groups -OCH3 is 1. The Labute approximate surface area is 155 Å². The number of halogens is 1. The summed E-state index contributed by atoms with van der Waals surface area (Å²) in [4.78, 5) is 27.8. The van der Waals surface area contributed by atoms with E-state index >= 15 is 0 Å². The van der Waals surface area contributed by atoms with Gasteiger partial charge in [0.1, 0.15) is 12.4 Å². The highest BCUT2D eigenvalue weighted by Gasteiger charge is 2.62. The summed E-state index contributed by atoms with van der Waals surface area (Å²) in [5.74, 6) is 0.254. The summed E-state index contributed by atoms with van der Waals surface area (Å²) in [6, 6.07) is 4.90. The molecule has 142 valence electrons.